The number of pyridine rings is 1. The Bertz CT molecular complexity index is 892. The van der Waals surface area contributed by atoms with Gasteiger partial charge in [-0.3, -0.25) is 9.59 Å². The van der Waals surface area contributed by atoms with E-state index in [0.717, 1.165) is 31.2 Å². The number of likely N-dealkylation sites (tertiary alicyclic amines) is 1. The molecule has 5 nitrogen and oxygen atoms in total. The minimum absolute atomic E-state index is 0.00858. The molecule has 27 heavy (non-hydrogen) atoms. The lowest BCUT2D eigenvalue weighted by Gasteiger charge is -2.52. The maximum absolute atomic E-state index is 13.2. The summed E-state index contributed by atoms with van der Waals surface area (Å²) >= 11 is 0. The summed E-state index contributed by atoms with van der Waals surface area (Å²) in [6, 6.07) is 13.0. The summed E-state index contributed by atoms with van der Waals surface area (Å²) in [5, 5.41) is 11.6. The summed E-state index contributed by atoms with van der Waals surface area (Å²) in [4.78, 5) is 27.0. The van der Waals surface area contributed by atoms with Gasteiger partial charge in [0.2, 0.25) is 0 Å². The third-order valence-electron chi connectivity index (χ3n) is 6.36. The lowest BCUT2D eigenvalue weighted by atomic mass is 9.66. The van der Waals surface area contributed by atoms with Crippen molar-refractivity contribution in [2.45, 2.75) is 43.7 Å². The van der Waals surface area contributed by atoms with Gasteiger partial charge in [0.15, 0.2) is 0 Å². The van der Waals surface area contributed by atoms with E-state index >= 15 is 0 Å². The zero-order valence-corrected chi connectivity index (χ0v) is 15.7. The number of fused-ring (bicyclic) bond motifs is 1. The van der Waals surface area contributed by atoms with Gasteiger partial charge in [-0.25, -0.2) is 0 Å². The molecule has 2 heterocycles. The van der Waals surface area contributed by atoms with E-state index in [0.29, 0.717) is 18.5 Å². The van der Waals surface area contributed by atoms with Crippen molar-refractivity contribution < 1.29 is 9.90 Å². The Morgan fingerprint density at radius 1 is 1.15 bits per heavy atom. The second-order valence-corrected chi connectivity index (χ2v) is 7.86. The molecule has 0 spiro atoms. The molecule has 2 aromatic rings. The Morgan fingerprint density at radius 3 is 2.63 bits per heavy atom. The van der Waals surface area contributed by atoms with Gasteiger partial charge in [0.1, 0.15) is 0 Å². The van der Waals surface area contributed by atoms with E-state index in [2.05, 4.69) is 0 Å². The lowest BCUT2D eigenvalue weighted by molar-refractivity contribution is -0.110. The number of hydrogen-bond acceptors (Lipinski definition) is 3. The fourth-order valence-corrected chi connectivity index (χ4v) is 4.87. The van der Waals surface area contributed by atoms with E-state index in [1.54, 1.807) is 19.3 Å². The molecule has 1 aliphatic carbocycles. The molecule has 3 atom stereocenters. The summed E-state index contributed by atoms with van der Waals surface area (Å²) in [6.45, 7) is 0.501. The molecule has 1 N–H and O–H groups in total. The lowest BCUT2D eigenvalue weighted by Crippen LogP contribution is -2.59. The number of hydrogen-bond donors (Lipinski definition) is 1. The van der Waals surface area contributed by atoms with Crippen molar-refractivity contribution in [3.05, 3.63) is 70.1 Å². The molecule has 142 valence electrons. The minimum atomic E-state index is -0.893. The molecule has 0 radical (unpaired) electrons. The standard InChI is InChI=1S/C22H26N2O3/c1-23-13-11-16(15-20(23)25)21(26)24-14-12-22(27,17-7-3-2-4-8-17)18-9-5-6-10-19(18)24/h2-4,7-8,11,13,15,18-19,27H,5-6,9-10,12,14H2,1H3/t18-,19-,22+/m0/s1. The van der Waals surface area contributed by atoms with Crippen molar-refractivity contribution in [2.75, 3.05) is 6.54 Å². The first-order valence-electron chi connectivity index (χ1n) is 9.76. The number of rotatable bonds is 2. The molecule has 1 saturated carbocycles. The van der Waals surface area contributed by atoms with Crippen molar-refractivity contribution in [3.63, 3.8) is 0 Å². The molecule has 5 heteroatoms. The number of carbonyl (C=O) groups is 1. The van der Waals surface area contributed by atoms with Crippen LogP contribution >= 0.6 is 0 Å². The highest BCUT2D eigenvalue weighted by Crippen LogP contribution is 2.47. The maximum Gasteiger partial charge on any atom is 0.254 e. The van der Waals surface area contributed by atoms with Crippen LogP contribution in [0.3, 0.4) is 0 Å². The first-order chi connectivity index (χ1) is 13.0. The Morgan fingerprint density at radius 2 is 1.89 bits per heavy atom. The van der Waals surface area contributed by atoms with Crippen LogP contribution in [0.1, 0.15) is 48.0 Å². The summed E-state index contributed by atoms with van der Waals surface area (Å²) in [6.07, 6.45) is 6.11. The number of piperidine rings is 1. The van der Waals surface area contributed by atoms with Crippen LogP contribution in [-0.4, -0.2) is 33.1 Å². The van der Waals surface area contributed by atoms with Crippen LogP contribution in [0.5, 0.6) is 0 Å². The molecule has 2 fully saturated rings. The molecule has 4 rings (SSSR count). The van der Waals surface area contributed by atoms with Gasteiger partial charge in [-0.1, -0.05) is 43.2 Å². The third kappa shape index (κ3) is 3.10. The quantitative estimate of drug-likeness (QED) is 0.889. The molecule has 1 saturated heterocycles. The van der Waals surface area contributed by atoms with Crippen molar-refractivity contribution in [1.82, 2.24) is 9.47 Å². The highest BCUT2D eigenvalue weighted by atomic mass is 16.3. The topological polar surface area (TPSA) is 62.5 Å². The number of nitrogens with zero attached hydrogens (tertiary/aromatic N) is 2. The molecular weight excluding hydrogens is 340 g/mol. The van der Waals surface area contributed by atoms with E-state index in [1.165, 1.54) is 10.6 Å². The van der Waals surface area contributed by atoms with Crippen molar-refractivity contribution in [1.29, 1.82) is 0 Å². The SMILES string of the molecule is Cn1ccc(C(=O)N2CC[C@@](O)(c3ccccc3)[C@H]3CCCC[C@@H]32)cc1=O. The van der Waals surface area contributed by atoms with Gasteiger partial charge in [-0.2, -0.15) is 0 Å². The number of benzene rings is 1. The van der Waals surface area contributed by atoms with Crippen LogP contribution in [-0.2, 0) is 12.6 Å². The number of aryl methyl sites for hydroxylation is 1. The van der Waals surface area contributed by atoms with Gasteiger partial charge >= 0.3 is 0 Å². The molecular formula is C22H26N2O3. The molecule has 1 amide bonds. The summed E-state index contributed by atoms with van der Waals surface area (Å²) < 4.78 is 1.46. The molecule has 0 unspecified atom stereocenters. The van der Waals surface area contributed by atoms with E-state index < -0.39 is 5.60 Å². The maximum atomic E-state index is 13.2. The highest BCUT2D eigenvalue weighted by molar-refractivity contribution is 5.94. The van der Waals surface area contributed by atoms with Gasteiger partial charge in [0.05, 0.1) is 5.60 Å². The minimum Gasteiger partial charge on any atom is -0.385 e. The predicted octanol–water partition coefficient (Wildman–Crippen LogP) is 2.68. The number of aromatic nitrogens is 1. The van der Waals surface area contributed by atoms with Gasteiger partial charge < -0.3 is 14.6 Å². The Kier molecular flexibility index (Phi) is 4.64. The zero-order chi connectivity index (χ0) is 19.0. The van der Waals surface area contributed by atoms with Crippen molar-refractivity contribution in [3.8, 4) is 0 Å². The molecule has 1 aromatic heterocycles. The first kappa shape index (κ1) is 18.0. The zero-order valence-electron chi connectivity index (χ0n) is 15.7. The average Bonchev–Trinajstić information content (AvgIpc) is 2.71. The van der Waals surface area contributed by atoms with Crippen LogP contribution in [0.15, 0.2) is 53.5 Å². The fraction of sp³-hybridized carbons (Fsp3) is 0.455. The van der Waals surface area contributed by atoms with Crippen molar-refractivity contribution >= 4 is 5.91 Å². The van der Waals surface area contributed by atoms with Crippen LogP contribution in [0, 0.1) is 5.92 Å². The predicted molar refractivity (Wildman–Crippen MR) is 103 cm³/mol. The molecule has 1 aromatic carbocycles. The normalized spacial score (nSPS) is 27.9. The van der Waals surface area contributed by atoms with E-state index in [4.69, 9.17) is 0 Å². The van der Waals surface area contributed by atoms with Crippen LogP contribution < -0.4 is 5.56 Å². The third-order valence-corrected chi connectivity index (χ3v) is 6.36. The second kappa shape index (κ2) is 6.97. The largest absolute Gasteiger partial charge is 0.385 e. The van der Waals surface area contributed by atoms with E-state index in [9.17, 15) is 14.7 Å². The Balaban J connectivity index is 1.66. The average molecular weight is 366 g/mol. The van der Waals surface area contributed by atoms with Gasteiger partial charge in [-0.15, -0.1) is 0 Å². The Labute approximate surface area is 159 Å². The monoisotopic (exact) mass is 366 g/mol. The first-order valence-corrected chi connectivity index (χ1v) is 9.76. The molecule has 2 aliphatic rings. The fourth-order valence-electron chi connectivity index (χ4n) is 4.87. The van der Waals surface area contributed by atoms with Crippen LogP contribution in [0.25, 0.3) is 0 Å². The van der Waals surface area contributed by atoms with Crippen LogP contribution in [0.2, 0.25) is 0 Å². The molecule has 1 aliphatic heterocycles. The number of carbonyl (C=O) groups excluding carboxylic acids is 1. The van der Waals surface area contributed by atoms with E-state index in [1.807, 2.05) is 35.2 Å². The van der Waals surface area contributed by atoms with Gasteiger partial charge in [0, 0.05) is 43.4 Å². The van der Waals surface area contributed by atoms with E-state index in [-0.39, 0.29) is 23.4 Å². The number of amides is 1. The molecule has 0 bridgehead atoms. The van der Waals surface area contributed by atoms with Crippen molar-refractivity contribution in [2.24, 2.45) is 13.0 Å². The van der Waals surface area contributed by atoms with Gasteiger partial charge in [0.25, 0.3) is 11.5 Å². The summed E-state index contributed by atoms with van der Waals surface area (Å²) in [5.41, 5.74) is 0.310. The number of aliphatic hydroxyl groups is 1. The highest BCUT2D eigenvalue weighted by Gasteiger charge is 2.50. The summed E-state index contributed by atoms with van der Waals surface area (Å²) in [5.74, 6) is -0.0717. The smallest absolute Gasteiger partial charge is 0.254 e. The summed E-state index contributed by atoms with van der Waals surface area (Å²) in [7, 11) is 1.68. The van der Waals surface area contributed by atoms with Gasteiger partial charge in [-0.05, 0) is 30.9 Å². The Hall–Kier alpha value is -2.40. The second-order valence-electron chi connectivity index (χ2n) is 7.86. The van der Waals surface area contributed by atoms with Crippen LogP contribution in [0.4, 0.5) is 0 Å².